The molecule has 33 heavy (non-hydrogen) atoms. The average molecular weight is 544 g/mol. The monoisotopic (exact) mass is 543 g/mol. The van der Waals surface area contributed by atoms with Crippen LogP contribution in [0.3, 0.4) is 0 Å². The maximum Gasteiger partial charge on any atom is 0.270 e. The maximum absolute atomic E-state index is 12.7. The van der Waals surface area contributed by atoms with E-state index in [9.17, 15) is 14.4 Å². The van der Waals surface area contributed by atoms with Crippen molar-refractivity contribution in [2.24, 2.45) is 0 Å². The number of benzene rings is 2. The number of thioether (sulfide) groups is 1. The number of amides is 3. The van der Waals surface area contributed by atoms with Crippen molar-refractivity contribution in [2.45, 2.75) is 19.8 Å². The standard InChI is InChI=1S/C24H22BrN3O3S2/c1-16(14-17-8-3-2-4-9-17)15-20-23(31)28(24(32)33-20)13-7-12-21(29)26-27-22(30)18-10-5-6-11-19(18)25/h2-6,8-11,14-15H,7,12-13H2,1H3,(H,26,29)(H,27,30)/b16-14+,20-15-. The smallest absolute Gasteiger partial charge is 0.270 e. The summed E-state index contributed by atoms with van der Waals surface area (Å²) in [6, 6.07) is 16.8. The molecule has 3 amide bonds. The van der Waals surface area contributed by atoms with Crippen LogP contribution in [0.4, 0.5) is 0 Å². The summed E-state index contributed by atoms with van der Waals surface area (Å²) in [7, 11) is 0. The third kappa shape index (κ3) is 7.12. The van der Waals surface area contributed by atoms with E-state index in [4.69, 9.17) is 12.2 Å². The summed E-state index contributed by atoms with van der Waals surface area (Å²) in [5.74, 6) is -0.927. The summed E-state index contributed by atoms with van der Waals surface area (Å²) >= 11 is 9.91. The Balaban J connectivity index is 1.47. The Bertz CT molecular complexity index is 1130. The molecule has 170 valence electrons. The molecule has 0 unspecified atom stereocenters. The largest absolute Gasteiger partial charge is 0.293 e. The lowest BCUT2D eigenvalue weighted by molar-refractivity contribution is -0.124. The van der Waals surface area contributed by atoms with E-state index in [1.54, 1.807) is 24.3 Å². The molecule has 0 radical (unpaired) electrons. The van der Waals surface area contributed by atoms with Crippen LogP contribution in [0.1, 0.15) is 35.7 Å². The molecule has 0 aromatic heterocycles. The minimum absolute atomic E-state index is 0.138. The number of nitrogens with one attached hydrogen (secondary N) is 2. The number of thiocarbonyl (C=S) groups is 1. The molecule has 6 nitrogen and oxygen atoms in total. The lowest BCUT2D eigenvalue weighted by Gasteiger charge is -2.14. The number of nitrogens with zero attached hydrogens (tertiary/aromatic N) is 1. The number of halogens is 1. The molecule has 2 aromatic carbocycles. The van der Waals surface area contributed by atoms with Crippen molar-refractivity contribution in [3.63, 3.8) is 0 Å². The van der Waals surface area contributed by atoms with Gasteiger partial charge in [-0.05, 0) is 58.6 Å². The molecule has 0 saturated carbocycles. The minimum Gasteiger partial charge on any atom is -0.293 e. The number of carbonyl (C=O) groups excluding carboxylic acids is 3. The minimum atomic E-state index is -0.420. The first kappa shape index (κ1) is 24.9. The van der Waals surface area contributed by atoms with Gasteiger partial charge in [-0.1, -0.05) is 72.5 Å². The predicted octanol–water partition coefficient (Wildman–Crippen LogP) is 4.84. The Morgan fingerprint density at radius 2 is 1.79 bits per heavy atom. The molecule has 9 heteroatoms. The highest BCUT2D eigenvalue weighted by atomic mass is 79.9. The summed E-state index contributed by atoms with van der Waals surface area (Å²) in [6.07, 6.45) is 4.38. The number of carbonyl (C=O) groups is 3. The van der Waals surface area contributed by atoms with E-state index in [1.807, 2.05) is 49.4 Å². The molecule has 1 aliphatic heterocycles. The van der Waals surface area contributed by atoms with E-state index in [0.29, 0.717) is 32.2 Å². The third-order valence-electron chi connectivity index (χ3n) is 4.65. The molecule has 1 saturated heterocycles. The van der Waals surface area contributed by atoms with Gasteiger partial charge in [-0.25, -0.2) is 0 Å². The molecule has 2 N–H and O–H groups in total. The van der Waals surface area contributed by atoms with Crippen molar-refractivity contribution in [3.05, 3.63) is 86.8 Å². The lowest BCUT2D eigenvalue weighted by Crippen LogP contribution is -2.42. The normalized spacial score (nSPS) is 15.2. The van der Waals surface area contributed by atoms with Gasteiger partial charge in [0.25, 0.3) is 11.8 Å². The van der Waals surface area contributed by atoms with E-state index in [-0.39, 0.29) is 18.2 Å². The van der Waals surface area contributed by atoms with Gasteiger partial charge in [0.1, 0.15) is 4.32 Å². The van der Waals surface area contributed by atoms with Crippen molar-refractivity contribution in [3.8, 4) is 0 Å². The Morgan fingerprint density at radius 1 is 1.09 bits per heavy atom. The highest BCUT2D eigenvalue weighted by molar-refractivity contribution is 9.10. The first-order chi connectivity index (χ1) is 15.8. The number of hydrogen-bond donors (Lipinski definition) is 2. The molecular weight excluding hydrogens is 522 g/mol. The Hall–Kier alpha value is -2.75. The van der Waals surface area contributed by atoms with E-state index in [1.165, 1.54) is 16.7 Å². The highest BCUT2D eigenvalue weighted by Crippen LogP contribution is 2.32. The van der Waals surface area contributed by atoms with Gasteiger partial charge in [-0.3, -0.25) is 30.1 Å². The zero-order valence-electron chi connectivity index (χ0n) is 17.8. The molecule has 0 atom stereocenters. The zero-order chi connectivity index (χ0) is 23.8. The van der Waals surface area contributed by atoms with Gasteiger partial charge in [-0.15, -0.1) is 0 Å². The molecule has 0 spiro atoms. The third-order valence-corrected chi connectivity index (χ3v) is 6.72. The molecule has 1 heterocycles. The second-order valence-corrected chi connectivity index (χ2v) is 9.75. The van der Waals surface area contributed by atoms with Gasteiger partial charge < -0.3 is 0 Å². The van der Waals surface area contributed by atoms with Crippen molar-refractivity contribution in [1.82, 2.24) is 15.8 Å². The van der Waals surface area contributed by atoms with Gasteiger partial charge in [0.2, 0.25) is 5.91 Å². The number of rotatable bonds is 7. The van der Waals surface area contributed by atoms with Gasteiger partial charge in [0.05, 0.1) is 10.5 Å². The molecule has 1 aliphatic rings. The van der Waals surface area contributed by atoms with Crippen molar-refractivity contribution >= 4 is 68.0 Å². The van der Waals surface area contributed by atoms with Gasteiger partial charge in [0.15, 0.2) is 0 Å². The van der Waals surface area contributed by atoms with E-state index >= 15 is 0 Å². The first-order valence-electron chi connectivity index (χ1n) is 10.2. The van der Waals surface area contributed by atoms with Crippen LogP contribution >= 0.6 is 39.9 Å². The van der Waals surface area contributed by atoms with Gasteiger partial charge >= 0.3 is 0 Å². The molecule has 2 aromatic rings. The SMILES string of the molecule is CC(/C=C1\SC(=S)N(CCCC(=O)NNC(=O)c2ccccc2Br)C1=O)=C\c1ccccc1. The molecule has 0 bridgehead atoms. The fraction of sp³-hybridized carbons (Fsp3) is 0.167. The van der Waals surface area contributed by atoms with Crippen LogP contribution < -0.4 is 10.9 Å². The van der Waals surface area contributed by atoms with Crippen LogP contribution in [0.2, 0.25) is 0 Å². The highest BCUT2D eigenvalue weighted by Gasteiger charge is 2.31. The van der Waals surface area contributed by atoms with E-state index in [2.05, 4.69) is 26.8 Å². The quantitative estimate of drug-likeness (QED) is 0.297. The number of allylic oxidation sites excluding steroid dienone is 2. The number of hydrogen-bond acceptors (Lipinski definition) is 5. The zero-order valence-corrected chi connectivity index (χ0v) is 21.1. The summed E-state index contributed by atoms with van der Waals surface area (Å²) in [6.45, 7) is 2.27. The van der Waals surface area contributed by atoms with Crippen LogP contribution in [0, 0.1) is 0 Å². The Morgan fingerprint density at radius 3 is 2.52 bits per heavy atom. The lowest BCUT2D eigenvalue weighted by atomic mass is 10.1. The summed E-state index contributed by atoms with van der Waals surface area (Å²) in [5.41, 5.74) is 7.20. The van der Waals surface area contributed by atoms with Crippen LogP contribution in [0.15, 0.2) is 75.6 Å². The molecular formula is C24H22BrN3O3S2. The van der Waals surface area contributed by atoms with Gasteiger partial charge in [0, 0.05) is 17.4 Å². The Labute approximate surface area is 210 Å². The molecule has 3 rings (SSSR count). The van der Waals surface area contributed by atoms with E-state index < -0.39 is 5.91 Å². The van der Waals surface area contributed by atoms with Crippen LogP contribution in [0.25, 0.3) is 6.08 Å². The predicted molar refractivity (Wildman–Crippen MR) is 139 cm³/mol. The second-order valence-electron chi connectivity index (χ2n) is 7.22. The van der Waals surface area contributed by atoms with E-state index in [0.717, 1.165) is 11.1 Å². The number of hydrazine groups is 1. The molecule has 0 aliphatic carbocycles. The first-order valence-corrected chi connectivity index (χ1v) is 12.2. The van der Waals surface area contributed by atoms with Crippen molar-refractivity contribution < 1.29 is 14.4 Å². The maximum atomic E-state index is 12.7. The summed E-state index contributed by atoms with van der Waals surface area (Å²) < 4.78 is 1.11. The van der Waals surface area contributed by atoms with Crippen molar-refractivity contribution in [2.75, 3.05) is 6.54 Å². The van der Waals surface area contributed by atoms with Gasteiger partial charge in [-0.2, -0.15) is 0 Å². The fourth-order valence-corrected chi connectivity index (χ4v) is 4.88. The average Bonchev–Trinajstić information content (AvgIpc) is 3.05. The topological polar surface area (TPSA) is 78.5 Å². The van der Waals surface area contributed by atoms with Crippen LogP contribution in [-0.4, -0.2) is 33.5 Å². The summed E-state index contributed by atoms with van der Waals surface area (Å²) in [4.78, 5) is 39.0. The molecule has 1 fully saturated rings. The Kier molecular flexibility index (Phi) is 8.99. The van der Waals surface area contributed by atoms with Crippen LogP contribution in [-0.2, 0) is 9.59 Å². The summed E-state index contributed by atoms with van der Waals surface area (Å²) in [5, 5.41) is 0. The fourth-order valence-electron chi connectivity index (χ4n) is 3.05. The van der Waals surface area contributed by atoms with Crippen LogP contribution in [0.5, 0.6) is 0 Å². The van der Waals surface area contributed by atoms with Crippen molar-refractivity contribution in [1.29, 1.82) is 0 Å². The second kappa shape index (κ2) is 11.9.